The van der Waals surface area contributed by atoms with E-state index >= 15 is 0 Å². The summed E-state index contributed by atoms with van der Waals surface area (Å²) in [5.41, 5.74) is 1.05. The van der Waals surface area contributed by atoms with Gasteiger partial charge < -0.3 is 18.6 Å². The Balaban J connectivity index is 2.35. The maximum Gasteiger partial charge on any atom is 0.203 e. The highest BCUT2D eigenvalue weighted by atomic mass is 16.5. The van der Waals surface area contributed by atoms with Gasteiger partial charge in [-0.25, -0.2) is 0 Å². The molecule has 0 aliphatic rings. The number of methoxy groups -OCH3 is 3. The van der Waals surface area contributed by atoms with Crippen LogP contribution in [0.5, 0.6) is 17.2 Å². The summed E-state index contributed by atoms with van der Waals surface area (Å²) < 4.78 is 21.5. The van der Waals surface area contributed by atoms with Crippen molar-refractivity contribution in [3.05, 3.63) is 41.3 Å². The van der Waals surface area contributed by atoms with Crippen molar-refractivity contribution in [1.82, 2.24) is 0 Å². The van der Waals surface area contributed by atoms with Crippen molar-refractivity contribution in [3.8, 4) is 17.2 Å². The van der Waals surface area contributed by atoms with Crippen LogP contribution in [0.1, 0.15) is 17.1 Å². The van der Waals surface area contributed by atoms with Crippen LogP contribution in [-0.4, -0.2) is 21.3 Å². The van der Waals surface area contributed by atoms with E-state index in [1.165, 1.54) is 0 Å². The highest BCUT2D eigenvalue weighted by Gasteiger charge is 2.14. The summed E-state index contributed by atoms with van der Waals surface area (Å²) in [4.78, 5) is 0. The molecule has 1 aromatic heterocycles. The summed E-state index contributed by atoms with van der Waals surface area (Å²) in [6.45, 7) is 1.93. The number of ether oxygens (including phenoxy) is 3. The average Bonchev–Trinajstić information content (AvgIpc) is 2.82. The third kappa shape index (κ3) is 2.84. The number of rotatable bonds is 5. The molecule has 2 rings (SSSR count). The number of furan rings is 1. The predicted octanol–water partition coefficient (Wildman–Crippen LogP) is 3.20. The normalized spacial score (nSPS) is 10.3. The van der Waals surface area contributed by atoms with Gasteiger partial charge in [-0.15, -0.1) is 0 Å². The van der Waals surface area contributed by atoms with Gasteiger partial charge in [0.05, 0.1) is 21.3 Å². The predicted molar refractivity (Wildman–Crippen MR) is 72.3 cm³/mol. The highest BCUT2D eigenvalue weighted by Crippen LogP contribution is 2.38. The van der Waals surface area contributed by atoms with Crippen LogP contribution in [0.2, 0.25) is 0 Å². The smallest absolute Gasteiger partial charge is 0.203 e. The molecule has 0 amide bonds. The zero-order valence-electron chi connectivity index (χ0n) is 11.6. The van der Waals surface area contributed by atoms with Gasteiger partial charge in [0.25, 0.3) is 0 Å². The van der Waals surface area contributed by atoms with Crippen molar-refractivity contribution in [1.29, 1.82) is 0 Å². The zero-order valence-corrected chi connectivity index (χ0v) is 11.6. The van der Waals surface area contributed by atoms with Gasteiger partial charge in [-0.05, 0) is 36.8 Å². The Labute approximate surface area is 112 Å². The second-order valence-corrected chi connectivity index (χ2v) is 4.22. The Hall–Kier alpha value is -2.10. The molecule has 0 unspecified atom stereocenters. The molecule has 0 aliphatic carbocycles. The summed E-state index contributed by atoms with van der Waals surface area (Å²) in [5, 5.41) is 0. The summed E-state index contributed by atoms with van der Waals surface area (Å²) in [6.07, 6.45) is 0.685. The van der Waals surface area contributed by atoms with Crippen molar-refractivity contribution in [2.45, 2.75) is 13.3 Å². The van der Waals surface area contributed by atoms with Crippen LogP contribution in [0.15, 0.2) is 28.7 Å². The number of hydrogen-bond donors (Lipinski definition) is 0. The summed E-state index contributed by atoms with van der Waals surface area (Å²) >= 11 is 0. The van der Waals surface area contributed by atoms with E-state index in [2.05, 4.69) is 0 Å². The van der Waals surface area contributed by atoms with Gasteiger partial charge in [-0.1, -0.05) is 0 Å². The fourth-order valence-electron chi connectivity index (χ4n) is 2.02. The molecule has 0 aliphatic heterocycles. The van der Waals surface area contributed by atoms with E-state index in [1.807, 2.05) is 31.2 Å². The first kappa shape index (κ1) is 13.3. The second-order valence-electron chi connectivity index (χ2n) is 4.22. The van der Waals surface area contributed by atoms with Gasteiger partial charge >= 0.3 is 0 Å². The minimum atomic E-state index is 0.601. The van der Waals surface area contributed by atoms with E-state index < -0.39 is 0 Å². The van der Waals surface area contributed by atoms with Gasteiger partial charge in [0, 0.05) is 6.42 Å². The topological polar surface area (TPSA) is 40.8 Å². The van der Waals surface area contributed by atoms with E-state index in [9.17, 15) is 0 Å². The Bertz CT molecular complexity index is 532. The van der Waals surface area contributed by atoms with Gasteiger partial charge in [-0.3, -0.25) is 0 Å². The number of hydrogen-bond acceptors (Lipinski definition) is 4. The fourth-order valence-corrected chi connectivity index (χ4v) is 2.02. The van der Waals surface area contributed by atoms with E-state index in [0.29, 0.717) is 23.7 Å². The van der Waals surface area contributed by atoms with Crippen molar-refractivity contribution >= 4 is 0 Å². The number of aryl methyl sites for hydroxylation is 1. The van der Waals surface area contributed by atoms with Crippen LogP contribution in [0.25, 0.3) is 0 Å². The van der Waals surface area contributed by atoms with Crippen LogP contribution >= 0.6 is 0 Å². The molecular weight excluding hydrogens is 244 g/mol. The molecule has 0 spiro atoms. The molecule has 4 nitrogen and oxygen atoms in total. The zero-order chi connectivity index (χ0) is 13.8. The second kappa shape index (κ2) is 5.69. The fraction of sp³-hybridized carbons (Fsp3) is 0.333. The maximum absolute atomic E-state index is 5.58. The third-order valence-corrected chi connectivity index (χ3v) is 2.90. The van der Waals surface area contributed by atoms with E-state index in [-0.39, 0.29) is 0 Å². The van der Waals surface area contributed by atoms with Gasteiger partial charge in [-0.2, -0.15) is 0 Å². The molecule has 0 atom stereocenters. The third-order valence-electron chi connectivity index (χ3n) is 2.90. The average molecular weight is 262 g/mol. The Kier molecular flexibility index (Phi) is 4.00. The SMILES string of the molecule is COc1cc(Cc2ccc(C)o2)cc(OC)c1OC. The first-order chi connectivity index (χ1) is 9.17. The molecule has 0 saturated carbocycles. The maximum atomic E-state index is 5.58. The molecular formula is C15H18O4. The minimum Gasteiger partial charge on any atom is -0.493 e. The van der Waals surface area contributed by atoms with Crippen LogP contribution in [0.4, 0.5) is 0 Å². The van der Waals surface area contributed by atoms with E-state index in [4.69, 9.17) is 18.6 Å². The molecule has 0 bridgehead atoms. The largest absolute Gasteiger partial charge is 0.493 e. The van der Waals surface area contributed by atoms with Crippen LogP contribution in [0.3, 0.4) is 0 Å². The molecule has 102 valence electrons. The monoisotopic (exact) mass is 262 g/mol. The molecule has 1 aromatic carbocycles. The minimum absolute atomic E-state index is 0.601. The molecule has 2 aromatic rings. The van der Waals surface area contributed by atoms with Gasteiger partial charge in [0.2, 0.25) is 5.75 Å². The van der Waals surface area contributed by atoms with Gasteiger partial charge in [0.1, 0.15) is 11.5 Å². The van der Waals surface area contributed by atoms with Crippen LogP contribution in [0, 0.1) is 6.92 Å². The summed E-state index contributed by atoms with van der Waals surface area (Å²) in [7, 11) is 4.81. The lowest BCUT2D eigenvalue weighted by Crippen LogP contribution is -1.97. The van der Waals surface area contributed by atoms with Crippen molar-refractivity contribution in [2.75, 3.05) is 21.3 Å². The lowest BCUT2D eigenvalue weighted by atomic mass is 10.1. The van der Waals surface area contributed by atoms with E-state index in [0.717, 1.165) is 17.1 Å². The molecule has 0 radical (unpaired) electrons. The molecule has 0 saturated heterocycles. The quantitative estimate of drug-likeness (QED) is 0.829. The lowest BCUT2D eigenvalue weighted by Gasteiger charge is -2.13. The standard InChI is InChI=1S/C15H18O4/c1-10-5-6-12(19-10)7-11-8-13(16-2)15(18-4)14(9-11)17-3/h5-6,8-9H,7H2,1-4H3. The van der Waals surface area contributed by atoms with Crippen molar-refractivity contribution in [3.63, 3.8) is 0 Å². The summed E-state index contributed by atoms with van der Waals surface area (Å²) in [5.74, 6) is 3.72. The number of benzene rings is 1. The van der Waals surface area contributed by atoms with Crippen molar-refractivity contribution in [2.24, 2.45) is 0 Å². The molecule has 0 N–H and O–H groups in total. The Morgan fingerprint density at radius 1 is 0.947 bits per heavy atom. The van der Waals surface area contributed by atoms with Crippen LogP contribution < -0.4 is 14.2 Å². The van der Waals surface area contributed by atoms with Gasteiger partial charge in [0.15, 0.2) is 11.5 Å². The van der Waals surface area contributed by atoms with Crippen LogP contribution in [-0.2, 0) is 6.42 Å². The summed E-state index contributed by atoms with van der Waals surface area (Å²) in [6, 6.07) is 7.78. The lowest BCUT2D eigenvalue weighted by molar-refractivity contribution is 0.323. The molecule has 19 heavy (non-hydrogen) atoms. The highest BCUT2D eigenvalue weighted by molar-refractivity contribution is 5.54. The molecule has 4 heteroatoms. The Morgan fingerprint density at radius 2 is 1.58 bits per heavy atom. The molecule has 1 heterocycles. The Morgan fingerprint density at radius 3 is 2.00 bits per heavy atom. The molecule has 0 fully saturated rings. The van der Waals surface area contributed by atoms with Crippen molar-refractivity contribution < 1.29 is 18.6 Å². The first-order valence-electron chi connectivity index (χ1n) is 6.02. The van der Waals surface area contributed by atoms with E-state index in [1.54, 1.807) is 21.3 Å². The first-order valence-corrected chi connectivity index (χ1v) is 6.02.